The van der Waals surface area contributed by atoms with Gasteiger partial charge in [0.05, 0.1) is 5.69 Å². The highest BCUT2D eigenvalue weighted by Crippen LogP contribution is 2.35. The summed E-state index contributed by atoms with van der Waals surface area (Å²) < 4.78 is 33.1. The van der Waals surface area contributed by atoms with Crippen LogP contribution in [0.25, 0.3) is 11.1 Å². The van der Waals surface area contributed by atoms with Crippen molar-refractivity contribution in [1.82, 2.24) is 4.98 Å². The van der Waals surface area contributed by atoms with Gasteiger partial charge < -0.3 is 4.74 Å². The van der Waals surface area contributed by atoms with Crippen LogP contribution in [0.4, 0.5) is 5.69 Å². The highest BCUT2D eigenvalue weighted by molar-refractivity contribution is 7.92. The molecule has 1 heterocycles. The summed E-state index contributed by atoms with van der Waals surface area (Å²) in [5.41, 5.74) is 1.30. The summed E-state index contributed by atoms with van der Waals surface area (Å²) in [5.74, 6) is -0.340. The molecule has 0 saturated carbocycles. The van der Waals surface area contributed by atoms with E-state index in [4.69, 9.17) is 27.9 Å². The van der Waals surface area contributed by atoms with Crippen molar-refractivity contribution in [2.75, 3.05) is 4.72 Å². The Balaban J connectivity index is 2.11. The number of benzene rings is 2. The minimum Gasteiger partial charge on any atom is -0.427 e. The summed E-state index contributed by atoms with van der Waals surface area (Å²) in [7, 11) is -3.93. The predicted octanol–water partition coefficient (Wildman–Crippen LogP) is 4.78. The molecule has 0 aliphatic heterocycles. The molecule has 0 bridgehead atoms. The monoisotopic (exact) mass is 436 g/mol. The highest BCUT2D eigenvalue weighted by atomic mass is 35.5. The van der Waals surface area contributed by atoms with Crippen LogP contribution in [-0.2, 0) is 14.8 Å². The van der Waals surface area contributed by atoms with Crippen molar-refractivity contribution < 1.29 is 17.9 Å². The number of rotatable bonds is 5. The zero-order valence-corrected chi connectivity index (χ0v) is 16.8. The standard InChI is InChI=1S/C19H14Cl2N2O4S/c1-12(24)27-16-4-5-18(13-7-14(20)9-15(21)8-13)19(10-16)23-28(25,26)17-3-2-6-22-11-17/h2-11,23H,1H3. The van der Waals surface area contributed by atoms with Crippen LogP contribution >= 0.6 is 23.2 Å². The van der Waals surface area contributed by atoms with Crippen molar-refractivity contribution in [2.24, 2.45) is 0 Å². The molecule has 0 saturated heterocycles. The maximum atomic E-state index is 12.7. The number of ether oxygens (including phenoxy) is 1. The Morgan fingerprint density at radius 1 is 1.07 bits per heavy atom. The van der Waals surface area contributed by atoms with Crippen molar-refractivity contribution >= 4 is 44.9 Å². The van der Waals surface area contributed by atoms with Gasteiger partial charge in [-0.2, -0.15) is 0 Å². The molecule has 0 atom stereocenters. The zero-order valence-electron chi connectivity index (χ0n) is 14.5. The molecule has 0 aliphatic rings. The first-order valence-electron chi connectivity index (χ1n) is 7.96. The number of pyridine rings is 1. The molecule has 0 radical (unpaired) electrons. The van der Waals surface area contributed by atoms with E-state index in [9.17, 15) is 13.2 Å². The number of nitrogens with zero attached hydrogens (tertiary/aromatic N) is 1. The summed E-state index contributed by atoms with van der Waals surface area (Å²) in [5, 5.41) is 0.792. The molecule has 6 nitrogen and oxygen atoms in total. The van der Waals surface area contributed by atoms with E-state index < -0.39 is 16.0 Å². The summed E-state index contributed by atoms with van der Waals surface area (Å²) in [6.45, 7) is 1.25. The van der Waals surface area contributed by atoms with Crippen LogP contribution in [0.2, 0.25) is 10.0 Å². The first kappa shape index (κ1) is 20.1. The molecule has 144 valence electrons. The van der Waals surface area contributed by atoms with E-state index in [1.165, 1.54) is 37.5 Å². The van der Waals surface area contributed by atoms with Crippen LogP contribution in [0.15, 0.2) is 65.8 Å². The number of carbonyl (C=O) groups is 1. The van der Waals surface area contributed by atoms with E-state index in [0.717, 1.165) is 0 Å². The van der Waals surface area contributed by atoms with Gasteiger partial charge in [0, 0.05) is 41.0 Å². The molecule has 0 aliphatic carbocycles. The summed E-state index contributed by atoms with van der Waals surface area (Å²) in [6, 6.07) is 12.4. The van der Waals surface area contributed by atoms with Crippen molar-refractivity contribution in [1.29, 1.82) is 0 Å². The molecule has 3 rings (SSSR count). The minimum absolute atomic E-state index is 0.0111. The van der Waals surface area contributed by atoms with Crippen molar-refractivity contribution in [3.8, 4) is 16.9 Å². The zero-order chi connectivity index (χ0) is 20.3. The molecule has 0 amide bonds. The van der Waals surface area contributed by atoms with E-state index in [1.807, 2.05) is 0 Å². The van der Waals surface area contributed by atoms with Crippen molar-refractivity contribution in [2.45, 2.75) is 11.8 Å². The average molecular weight is 437 g/mol. The molecule has 1 aromatic heterocycles. The van der Waals surface area contributed by atoms with Gasteiger partial charge in [0.15, 0.2) is 0 Å². The van der Waals surface area contributed by atoms with Gasteiger partial charge in [0.25, 0.3) is 10.0 Å². The number of aromatic nitrogens is 1. The molecule has 0 spiro atoms. The van der Waals surface area contributed by atoms with E-state index >= 15 is 0 Å². The van der Waals surface area contributed by atoms with Gasteiger partial charge in [-0.3, -0.25) is 14.5 Å². The number of anilines is 1. The Morgan fingerprint density at radius 2 is 1.79 bits per heavy atom. The van der Waals surface area contributed by atoms with Crippen LogP contribution < -0.4 is 9.46 Å². The lowest BCUT2D eigenvalue weighted by molar-refractivity contribution is -0.131. The second-order valence-electron chi connectivity index (χ2n) is 5.75. The highest BCUT2D eigenvalue weighted by Gasteiger charge is 2.18. The molecule has 2 aromatic carbocycles. The first-order chi connectivity index (χ1) is 13.2. The normalized spacial score (nSPS) is 11.1. The van der Waals surface area contributed by atoms with Crippen molar-refractivity contribution in [3.05, 3.63) is 71.0 Å². The maximum Gasteiger partial charge on any atom is 0.308 e. The van der Waals surface area contributed by atoms with Gasteiger partial charge in [-0.05, 0) is 48.0 Å². The van der Waals surface area contributed by atoms with E-state index in [2.05, 4.69) is 9.71 Å². The van der Waals surface area contributed by atoms with Crippen LogP contribution in [0.5, 0.6) is 5.75 Å². The van der Waals surface area contributed by atoms with Crippen molar-refractivity contribution in [3.63, 3.8) is 0 Å². The SMILES string of the molecule is CC(=O)Oc1ccc(-c2cc(Cl)cc(Cl)c2)c(NS(=O)(=O)c2cccnc2)c1. The lowest BCUT2D eigenvalue weighted by Gasteiger charge is -2.15. The van der Waals surface area contributed by atoms with Gasteiger partial charge >= 0.3 is 5.97 Å². The number of hydrogen-bond acceptors (Lipinski definition) is 5. The fourth-order valence-corrected chi connectivity index (χ4v) is 4.07. The van der Waals surface area contributed by atoms with Gasteiger partial charge in [-0.1, -0.05) is 23.2 Å². The number of sulfonamides is 1. The predicted molar refractivity (Wildman–Crippen MR) is 108 cm³/mol. The molecule has 0 fully saturated rings. The molecule has 1 N–H and O–H groups in total. The Labute approximate surface area is 172 Å². The Morgan fingerprint density at radius 3 is 2.39 bits per heavy atom. The second-order valence-corrected chi connectivity index (χ2v) is 8.31. The summed E-state index contributed by atoms with van der Waals surface area (Å²) in [4.78, 5) is 15.1. The number of esters is 1. The third kappa shape index (κ3) is 4.81. The van der Waals surface area contributed by atoms with E-state index in [1.54, 1.807) is 30.3 Å². The van der Waals surface area contributed by atoms with E-state index in [0.29, 0.717) is 21.2 Å². The number of halogens is 2. The first-order valence-corrected chi connectivity index (χ1v) is 10.2. The molecular weight excluding hydrogens is 423 g/mol. The van der Waals surface area contributed by atoms with Gasteiger partial charge in [0.1, 0.15) is 10.6 Å². The van der Waals surface area contributed by atoms with Crippen LogP contribution in [0, 0.1) is 0 Å². The Bertz CT molecular complexity index is 1120. The fraction of sp³-hybridized carbons (Fsp3) is 0.0526. The van der Waals surface area contributed by atoms with E-state index in [-0.39, 0.29) is 16.3 Å². The third-order valence-electron chi connectivity index (χ3n) is 3.62. The van der Waals surface area contributed by atoms with Gasteiger partial charge in [0.2, 0.25) is 0 Å². The minimum atomic E-state index is -3.93. The summed E-state index contributed by atoms with van der Waals surface area (Å²) >= 11 is 12.2. The van der Waals surface area contributed by atoms with Crippen LogP contribution in [0.3, 0.4) is 0 Å². The largest absolute Gasteiger partial charge is 0.427 e. The number of hydrogen-bond donors (Lipinski definition) is 1. The van der Waals surface area contributed by atoms with Gasteiger partial charge in [-0.15, -0.1) is 0 Å². The molecule has 0 unspecified atom stereocenters. The Hall–Kier alpha value is -2.61. The number of nitrogens with one attached hydrogen (secondary N) is 1. The summed E-state index contributed by atoms with van der Waals surface area (Å²) in [6.07, 6.45) is 2.70. The van der Waals surface area contributed by atoms with Crippen LogP contribution in [0.1, 0.15) is 6.92 Å². The smallest absolute Gasteiger partial charge is 0.308 e. The van der Waals surface area contributed by atoms with Crippen LogP contribution in [-0.4, -0.2) is 19.4 Å². The lowest BCUT2D eigenvalue weighted by atomic mass is 10.0. The average Bonchev–Trinajstić information content (AvgIpc) is 2.61. The topological polar surface area (TPSA) is 85.4 Å². The molecule has 3 aromatic rings. The molecule has 9 heteroatoms. The quantitative estimate of drug-likeness (QED) is 0.459. The molecule has 28 heavy (non-hydrogen) atoms. The second kappa shape index (κ2) is 8.18. The Kier molecular flexibility index (Phi) is 5.88. The number of carbonyl (C=O) groups excluding carboxylic acids is 1. The third-order valence-corrected chi connectivity index (χ3v) is 5.40. The lowest BCUT2D eigenvalue weighted by Crippen LogP contribution is -2.14. The van der Waals surface area contributed by atoms with Gasteiger partial charge in [-0.25, -0.2) is 8.42 Å². The molecular formula is C19H14Cl2N2O4S. The fourth-order valence-electron chi connectivity index (χ4n) is 2.51. The maximum absolute atomic E-state index is 12.7.